The number of methoxy groups -OCH3 is 3. The maximum atomic E-state index is 15.0. The molecular formula is C32H30FN5O5. The molecule has 10 nitrogen and oxygen atoms in total. The minimum absolute atomic E-state index is 0.192. The predicted molar refractivity (Wildman–Crippen MR) is 158 cm³/mol. The van der Waals surface area contributed by atoms with Gasteiger partial charge in [0.2, 0.25) is 5.91 Å². The standard InChI is InChI=1S/C32H30FN5O5/c1-41-23-14-12-21(13-15-23)31(32(40)34-27-17-16-24(42-2)18-29(27)43-3)37(19-22-8-4-5-9-25(22)33)30(39)20-38-28-11-7-6-10-26(28)35-36-38/h4-18,31H,19-20H2,1-3H3,(H,34,40). The number of carbonyl (C=O) groups is 2. The Hall–Kier alpha value is -5.45. The summed E-state index contributed by atoms with van der Waals surface area (Å²) in [5.41, 5.74) is 2.36. The van der Waals surface area contributed by atoms with Crippen molar-refractivity contribution < 1.29 is 28.2 Å². The quantitative estimate of drug-likeness (QED) is 0.233. The molecule has 0 aliphatic carbocycles. The zero-order valence-corrected chi connectivity index (χ0v) is 23.9. The van der Waals surface area contributed by atoms with E-state index in [1.165, 1.54) is 37.0 Å². The molecule has 43 heavy (non-hydrogen) atoms. The van der Waals surface area contributed by atoms with Gasteiger partial charge in [0.05, 0.1) is 32.5 Å². The summed E-state index contributed by atoms with van der Waals surface area (Å²) in [5.74, 6) is -0.0448. The lowest BCUT2D eigenvalue weighted by Gasteiger charge is -2.32. The number of amides is 2. The van der Waals surface area contributed by atoms with E-state index < -0.39 is 23.7 Å². The first-order chi connectivity index (χ1) is 20.9. The van der Waals surface area contributed by atoms with Gasteiger partial charge in [0.15, 0.2) is 0 Å². The van der Waals surface area contributed by atoms with E-state index in [0.29, 0.717) is 39.5 Å². The lowest BCUT2D eigenvalue weighted by molar-refractivity contribution is -0.140. The van der Waals surface area contributed by atoms with Crippen LogP contribution in [-0.4, -0.2) is 53.0 Å². The van der Waals surface area contributed by atoms with Crippen molar-refractivity contribution in [3.63, 3.8) is 0 Å². The number of para-hydroxylation sites is 1. The molecule has 0 aliphatic rings. The van der Waals surface area contributed by atoms with Crippen LogP contribution in [0.3, 0.4) is 0 Å². The van der Waals surface area contributed by atoms with Crippen LogP contribution in [0.5, 0.6) is 17.2 Å². The van der Waals surface area contributed by atoms with Gasteiger partial charge in [0.1, 0.15) is 41.2 Å². The predicted octanol–water partition coefficient (Wildman–Crippen LogP) is 5.01. The first kappa shape index (κ1) is 29.1. The number of rotatable bonds is 11. The molecule has 1 aromatic heterocycles. The molecule has 220 valence electrons. The summed E-state index contributed by atoms with van der Waals surface area (Å²) in [4.78, 5) is 29.7. The number of benzene rings is 4. The SMILES string of the molecule is COc1ccc(C(C(=O)Nc2ccc(OC)cc2OC)N(Cc2ccccc2F)C(=O)Cn2nnc3ccccc32)cc1. The first-order valence-corrected chi connectivity index (χ1v) is 13.4. The number of hydrogen-bond acceptors (Lipinski definition) is 7. The van der Waals surface area contributed by atoms with Crippen molar-refractivity contribution in [2.24, 2.45) is 0 Å². The van der Waals surface area contributed by atoms with Gasteiger partial charge in [-0.2, -0.15) is 0 Å². The number of ether oxygens (including phenoxy) is 3. The fourth-order valence-corrected chi connectivity index (χ4v) is 4.75. The Balaban J connectivity index is 1.58. The molecule has 0 aliphatic heterocycles. The minimum atomic E-state index is -1.18. The Morgan fingerprint density at radius 2 is 1.58 bits per heavy atom. The van der Waals surface area contributed by atoms with Crippen molar-refractivity contribution in [2.75, 3.05) is 26.6 Å². The molecule has 0 bridgehead atoms. The monoisotopic (exact) mass is 583 g/mol. The second-order valence-corrected chi connectivity index (χ2v) is 9.58. The van der Waals surface area contributed by atoms with E-state index in [9.17, 15) is 14.0 Å². The molecule has 0 saturated heterocycles. The number of nitrogens with zero attached hydrogens (tertiary/aromatic N) is 4. The molecule has 4 aromatic carbocycles. The Morgan fingerprint density at radius 3 is 2.30 bits per heavy atom. The molecule has 0 saturated carbocycles. The smallest absolute Gasteiger partial charge is 0.251 e. The van der Waals surface area contributed by atoms with Gasteiger partial charge in [-0.15, -0.1) is 5.10 Å². The van der Waals surface area contributed by atoms with E-state index in [1.807, 2.05) is 12.1 Å². The molecule has 2 amide bonds. The fourth-order valence-electron chi connectivity index (χ4n) is 4.75. The maximum Gasteiger partial charge on any atom is 0.251 e. The zero-order chi connectivity index (χ0) is 30.3. The molecule has 1 atom stereocenters. The number of carbonyl (C=O) groups excluding carboxylic acids is 2. The van der Waals surface area contributed by atoms with Gasteiger partial charge in [0, 0.05) is 18.2 Å². The fraction of sp³-hybridized carbons (Fsp3) is 0.188. The van der Waals surface area contributed by atoms with Crippen LogP contribution in [0.4, 0.5) is 10.1 Å². The van der Waals surface area contributed by atoms with Crippen molar-refractivity contribution in [2.45, 2.75) is 19.1 Å². The van der Waals surface area contributed by atoms with Gasteiger partial charge >= 0.3 is 0 Å². The Kier molecular flexibility index (Phi) is 8.80. The van der Waals surface area contributed by atoms with Crippen LogP contribution < -0.4 is 19.5 Å². The third-order valence-corrected chi connectivity index (χ3v) is 6.98. The molecule has 1 heterocycles. The number of halogens is 1. The molecule has 0 spiro atoms. The van der Waals surface area contributed by atoms with Gasteiger partial charge in [-0.1, -0.05) is 47.7 Å². The van der Waals surface area contributed by atoms with Gasteiger partial charge in [-0.25, -0.2) is 9.07 Å². The molecule has 11 heteroatoms. The second-order valence-electron chi connectivity index (χ2n) is 9.58. The molecule has 0 fully saturated rings. The highest BCUT2D eigenvalue weighted by atomic mass is 19.1. The van der Waals surface area contributed by atoms with Crippen molar-refractivity contribution >= 4 is 28.5 Å². The average Bonchev–Trinajstić information content (AvgIpc) is 3.44. The lowest BCUT2D eigenvalue weighted by Crippen LogP contribution is -2.42. The second kappa shape index (κ2) is 13.0. The maximum absolute atomic E-state index is 15.0. The first-order valence-electron chi connectivity index (χ1n) is 13.4. The van der Waals surface area contributed by atoms with E-state index in [0.717, 1.165) is 0 Å². The van der Waals surface area contributed by atoms with Crippen molar-refractivity contribution in [3.05, 3.63) is 108 Å². The molecule has 5 aromatic rings. The van der Waals surface area contributed by atoms with Gasteiger partial charge in [-0.05, 0) is 48.0 Å². The van der Waals surface area contributed by atoms with Crippen molar-refractivity contribution in [3.8, 4) is 17.2 Å². The van der Waals surface area contributed by atoms with E-state index >= 15 is 0 Å². The number of nitrogens with one attached hydrogen (secondary N) is 1. The van der Waals surface area contributed by atoms with Gasteiger partial charge in [-0.3, -0.25) is 9.59 Å². The summed E-state index contributed by atoms with van der Waals surface area (Å²) in [5, 5.41) is 11.2. The molecule has 1 unspecified atom stereocenters. The minimum Gasteiger partial charge on any atom is -0.497 e. The van der Waals surface area contributed by atoms with Crippen LogP contribution in [0.2, 0.25) is 0 Å². The Bertz CT molecular complexity index is 1740. The van der Waals surface area contributed by atoms with E-state index in [1.54, 1.807) is 72.8 Å². The molecule has 0 radical (unpaired) electrons. The van der Waals surface area contributed by atoms with Crippen LogP contribution in [0.1, 0.15) is 17.2 Å². The lowest BCUT2D eigenvalue weighted by atomic mass is 10.0. The van der Waals surface area contributed by atoms with E-state index in [-0.39, 0.29) is 18.7 Å². The molecule has 5 rings (SSSR count). The summed E-state index contributed by atoms with van der Waals surface area (Å²) in [6, 6.07) is 23.9. The third kappa shape index (κ3) is 6.40. The van der Waals surface area contributed by atoms with Crippen molar-refractivity contribution in [1.82, 2.24) is 19.9 Å². The summed E-state index contributed by atoms with van der Waals surface area (Å²) in [6.07, 6.45) is 0. The summed E-state index contributed by atoms with van der Waals surface area (Å²) >= 11 is 0. The highest BCUT2D eigenvalue weighted by molar-refractivity contribution is 5.99. The summed E-state index contributed by atoms with van der Waals surface area (Å²) in [7, 11) is 4.53. The van der Waals surface area contributed by atoms with Crippen LogP contribution in [0.25, 0.3) is 11.0 Å². The third-order valence-electron chi connectivity index (χ3n) is 6.98. The molecule has 1 N–H and O–H groups in total. The molecular weight excluding hydrogens is 553 g/mol. The number of anilines is 1. The van der Waals surface area contributed by atoms with Crippen molar-refractivity contribution in [1.29, 1.82) is 0 Å². The largest absolute Gasteiger partial charge is 0.497 e. The van der Waals surface area contributed by atoms with Crippen LogP contribution in [0, 0.1) is 5.82 Å². The number of hydrogen-bond donors (Lipinski definition) is 1. The zero-order valence-electron chi connectivity index (χ0n) is 23.9. The van der Waals surface area contributed by atoms with Gasteiger partial charge < -0.3 is 24.4 Å². The van der Waals surface area contributed by atoms with Crippen LogP contribution in [-0.2, 0) is 22.7 Å². The van der Waals surface area contributed by atoms with E-state index in [4.69, 9.17) is 14.2 Å². The van der Waals surface area contributed by atoms with Crippen LogP contribution in [0.15, 0.2) is 91.0 Å². The van der Waals surface area contributed by atoms with Gasteiger partial charge in [0.25, 0.3) is 5.91 Å². The number of aromatic nitrogens is 3. The van der Waals surface area contributed by atoms with E-state index in [2.05, 4.69) is 15.6 Å². The number of fused-ring (bicyclic) bond motifs is 1. The normalized spacial score (nSPS) is 11.5. The average molecular weight is 584 g/mol. The highest BCUT2D eigenvalue weighted by Gasteiger charge is 2.33. The summed E-state index contributed by atoms with van der Waals surface area (Å²) < 4.78 is 32.5. The Morgan fingerprint density at radius 1 is 0.884 bits per heavy atom. The Labute approximate surface area is 247 Å². The topological polar surface area (TPSA) is 108 Å². The highest BCUT2D eigenvalue weighted by Crippen LogP contribution is 2.32. The van der Waals surface area contributed by atoms with Crippen LogP contribution >= 0.6 is 0 Å². The summed E-state index contributed by atoms with van der Waals surface area (Å²) in [6.45, 7) is -0.428.